The van der Waals surface area contributed by atoms with Crippen LogP contribution in [0.5, 0.6) is 5.75 Å². The molecule has 0 aliphatic carbocycles. The lowest BCUT2D eigenvalue weighted by atomic mass is 9.86. The first-order valence-electron chi connectivity index (χ1n) is 6.84. The molecule has 0 atom stereocenters. The Morgan fingerprint density at radius 3 is 2.45 bits per heavy atom. The molecule has 0 radical (unpaired) electrons. The molecular formula is C18H21BrO. The average Bonchev–Trinajstić information content (AvgIpc) is 2.35. The third-order valence-corrected chi connectivity index (χ3v) is 3.72. The smallest absolute Gasteiger partial charge is 0.123 e. The minimum absolute atomic E-state index is 0.0836. The van der Waals surface area contributed by atoms with Crippen molar-refractivity contribution in [3.8, 4) is 5.75 Å². The number of benzene rings is 2. The van der Waals surface area contributed by atoms with Crippen LogP contribution in [0, 0.1) is 6.92 Å². The van der Waals surface area contributed by atoms with E-state index in [-0.39, 0.29) is 5.41 Å². The molecule has 0 spiro atoms. The summed E-state index contributed by atoms with van der Waals surface area (Å²) >= 11 is 3.49. The first-order chi connectivity index (χ1) is 9.36. The summed E-state index contributed by atoms with van der Waals surface area (Å²) in [6, 6.07) is 14.7. The van der Waals surface area contributed by atoms with Gasteiger partial charge in [-0.2, -0.15) is 0 Å². The minimum Gasteiger partial charge on any atom is -0.489 e. The van der Waals surface area contributed by atoms with Crippen molar-refractivity contribution in [3.05, 3.63) is 63.6 Å². The van der Waals surface area contributed by atoms with Crippen LogP contribution in [0.25, 0.3) is 0 Å². The first-order valence-corrected chi connectivity index (χ1v) is 7.64. The number of rotatable bonds is 3. The van der Waals surface area contributed by atoms with Crippen molar-refractivity contribution in [2.24, 2.45) is 0 Å². The Balaban J connectivity index is 2.22. The quantitative estimate of drug-likeness (QED) is 0.707. The van der Waals surface area contributed by atoms with Gasteiger partial charge in [0.1, 0.15) is 12.4 Å². The van der Waals surface area contributed by atoms with Crippen LogP contribution in [-0.4, -0.2) is 0 Å². The molecule has 0 N–H and O–H groups in total. The topological polar surface area (TPSA) is 9.23 Å². The monoisotopic (exact) mass is 332 g/mol. The predicted octanol–water partition coefficient (Wildman–Crippen LogP) is 5.63. The molecule has 0 saturated carbocycles. The van der Waals surface area contributed by atoms with Gasteiger partial charge in [-0.25, -0.2) is 0 Å². The van der Waals surface area contributed by atoms with E-state index >= 15 is 0 Å². The van der Waals surface area contributed by atoms with Gasteiger partial charge in [0.25, 0.3) is 0 Å². The lowest BCUT2D eigenvalue weighted by molar-refractivity contribution is 0.297. The lowest BCUT2D eigenvalue weighted by Gasteiger charge is -2.23. The van der Waals surface area contributed by atoms with Crippen molar-refractivity contribution < 1.29 is 4.74 Å². The van der Waals surface area contributed by atoms with Gasteiger partial charge in [0.15, 0.2) is 0 Å². The molecule has 2 heteroatoms. The highest BCUT2D eigenvalue weighted by Crippen LogP contribution is 2.32. The van der Waals surface area contributed by atoms with Crippen LogP contribution in [-0.2, 0) is 12.0 Å². The Labute approximate surface area is 130 Å². The van der Waals surface area contributed by atoms with Gasteiger partial charge in [0.05, 0.1) is 0 Å². The number of halogens is 1. The molecule has 0 amide bonds. The number of hydrogen-bond donors (Lipinski definition) is 0. The zero-order chi connectivity index (χ0) is 14.8. The van der Waals surface area contributed by atoms with Crippen LogP contribution < -0.4 is 4.74 Å². The summed E-state index contributed by atoms with van der Waals surface area (Å²) in [5.41, 5.74) is 3.72. The van der Waals surface area contributed by atoms with Gasteiger partial charge < -0.3 is 4.74 Å². The van der Waals surface area contributed by atoms with Gasteiger partial charge in [-0.15, -0.1) is 0 Å². The Kier molecular flexibility index (Phi) is 4.54. The molecule has 0 aliphatic rings. The molecule has 0 heterocycles. The second-order valence-electron chi connectivity index (χ2n) is 6.17. The number of ether oxygens (including phenoxy) is 1. The fourth-order valence-corrected chi connectivity index (χ4v) is 2.60. The van der Waals surface area contributed by atoms with E-state index in [2.05, 4.69) is 74.0 Å². The average molecular weight is 333 g/mol. The van der Waals surface area contributed by atoms with Crippen molar-refractivity contribution >= 4 is 15.9 Å². The third-order valence-electron chi connectivity index (χ3n) is 3.23. The summed E-state index contributed by atoms with van der Waals surface area (Å²) < 4.78 is 7.15. The summed E-state index contributed by atoms with van der Waals surface area (Å²) in [5, 5.41) is 0. The molecule has 106 valence electrons. The molecule has 0 bridgehead atoms. The van der Waals surface area contributed by atoms with E-state index in [1.807, 2.05) is 12.1 Å². The zero-order valence-electron chi connectivity index (χ0n) is 12.5. The fraction of sp³-hybridized carbons (Fsp3) is 0.333. The van der Waals surface area contributed by atoms with Crippen LogP contribution >= 0.6 is 15.9 Å². The second kappa shape index (κ2) is 6.01. The molecule has 2 rings (SSSR count). The molecule has 0 saturated heterocycles. The summed E-state index contributed by atoms with van der Waals surface area (Å²) in [6.07, 6.45) is 0. The predicted molar refractivity (Wildman–Crippen MR) is 88.4 cm³/mol. The normalized spacial score (nSPS) is 11.4. The largest absolute Gasteiger partial charge is 0.489 e. The fourth-order valence-electron chi connectivity index (χ4n) is 2.16. The molecular weight excluding hydrogens is 312 g/mol. The number of aryl methyl sites for hydroxylation is 1. The highest BCUT2D eigenvalue weighted by Gasteiger charge is 2.18. The summed E-state index contributed by atoms with van der Waals surface area (Å²) in [4.78, 5) is 0. The van der Waals surface area contributed by atoms with E-state index in [9.17, 15) is 0 Å². The molecule has 0 fully saturated rings. The highest BCUT2D eigenvalue weighted by atomic mass is 79.9. The van der Waals surface area contributed by atoms with Crippen LogP contribution in [0.3, 0.4) is 0 Å². The molecule has 20 heavy (non-hydrogen) atoms. The van der Waals surface area contributed by atoms with E-state index in [0.29, 0.717) is 6.61 Å². The maximum Gasteiger partial charge on any atom is 0.123 e. The molecule has 2 aromatic carbocycles. The molecule has 1 nitrogen and oxygen atoms in total. The van der Waals surface area contributed by atoms with Crippen molar-refractivity contribution in [2.45, 2.75) is 39.7 Å². The van der Waals surface area contributed by atoms with E-state index in [0.717, 1.165) is 10.2 Å². The Morgan fingerprint density at radius 2 is 1.80 bits per heavy atom. The van der Waals surface area contributed by atoms with Crippen molar-refractivity contribution in [1.82, 2.24) is 0 Å². The van der Waals surface area contributed by atoms with E-state index in [4.69, 9.17) is 4.74 Å². The van der Waals surface area contributed by atoms with Crippen LogP contribution in [0.4, 0.5) is 0 Å². The van der Waals surface area contributed by atoms with Crippen molar-refractivity contribution in [2.75, 3.05) is 0 Å². The van der Waals surface area contributed by atoms with Gasteiger partial charge in [-0.1, -0.05) is 61.0 Å². The Morgan fingerprint density at radius 1 is 1.05 bits per heavy atom. The van der Waals surface area contributed by atoms with Gasteiger partial charge in [0.2, 0.25) is 0 Å². The van der Waals surface area contributed by atoms with Crippen LogP contribution in [0.2, 0.25) is 0 Å². The summed E-state index contributed by atoms with van der Waals surface area (Å²) in [6.45, 7) is 9.32. The highest BCUT2D eigenvalue weighted by molar-refractivity contribution is 9.10. The SMILES string of the molecule is Cc1ccc(C(C)(C)C)c(OCc2cccc(Br)c2)c1. The van der Waals surface area contributed by atoms with E-state index in [1.165, 1.54) is 16.7 Å². The van der Waals surface area contributed by atoms with Crippen LogP contribution in [0.15, 0.2) is 46.9 Å². The first kappa shape index (κ1) is 15.1. The molecule has 2 aromatic rings. The molecule has 0 unspecified atom stereocenters. The maximum absolute atomic E-state index is 6.06. The van der Waals surface area contributed by atoms with Crippen LogP contribution in [0.1, 0.15) is 37.5 Å². The zero-order valence-corrected chi connectivity index (χ0v) is 14.1. The maximum atomic E-state index is 6.06. The Bertz CT molecular complexity index is 597. The lowest BCUT2D eigenvalue weighted by Crippen LogP contribution is -2.13. The number of hydrogen-bond acceptors (Lipinski definition) is 1. The minimum atomic E-state index is 0.0836. The van der Waals surface area contributed by atoms with E-state index < -0.39 is 0 Å². The van der Waals surface area contributed by atoms with Crippen molar-refractivity contribution in [1.29, 1.82) is 0 Å². The molecule has 0 aromatic heterocycles. The third kappa shape index (κ3) is 3.86. The van der Waals surface area contributed by atoms with Crippen molar-refractivity contribution in [3.63, 3.8) is 0 Å². The van der Waals surface area contributed by atoms with Gasteiger partial charge in [0, 0.05) is 4.47 Å². The van der Waals surface area contributed by atoms with Gasteiger partial charge >= 0.3 is 0 Å². The summed E-state index contributed by atoms with van der Waals surface area (Å²) in [5.74, 6) is 0.984. The standard InChI is InChI=1S/C18H21BrO/c1-13-8-9-16(18(2,3)4)17(10-13)20-12-14-6-5-7-15(19)11-14/h5-11H,12H2,1-4H3. The second-order valence-corrected chi connectivity index (χ2v) is 7.08. The van der Waals surface area contributed by atoms with E-state index in [1.54, 1.807) is 0 Å². The summed E-state index contributed by atoms with van der Waals surface area (Å²) in [7, 11) is 0. The Hall–Kier alpha value is -1.28. The van der Waals surface area contributed by atoms with Gasteiger partial charge in [-0.05, 0) is 47.2 Å². The van der Waals surface area contributed by atoms with Gasteiger partial charge in [-0.3, -0.25) is 0 Å². The molecule has 0 aliphatic heterocycles.